The maximum absolute atomic E-state index is 13.2. The minimum absolute atomic E-state index is 0.136. The highest BCUT2D eigenvalue weighted by Gasteiger charge is 2.34. The number of hydrogen-bond donors (Lipinski definition) is 1. The molecule has 148 valence electrons. The summed E-state index contributed by atoms with van der Waals surface area (Å²) in [6.07, 6.45) is 1.31. The zero-order valence-corrected chi connectivity index (χ0v) is 15.9. The first-order valence-corrected chi connectivity index (χ1v) is 9.39. The summed E-state index contributed by atoms with van der Waals surface area (Å²) in [5.41, 5.74) is 1.84. The summed E-state index contributed by atoms with van der Waals surface area (Å²) in [5, 5.41) is 10.3. The van der Waals surface area contributed by atoms with Crippen molar-refractivity contribution in [3.05, 3.63) is 60.5 Å². The van der Waals surface area contributed by atoms with Crippen LogP contribution in [0.25, 0.3) is 11.5 Å². The van der Waals surface area contributed by atoms with E-state index in [0.717, 1.165) is 12.0 Å². The highest BCUT2D eigenvalue weighted by molar-refractivity contribution is 6.08. The van der Waals surface area contributed by atoms with E-state index in [1.165, 1.54) is 6.39 Å². The molecule has 0 bridgehead atoms. The molecule has 2 heterocycles. The lowest BCUT2D eigenvalue weighted by atomic mass is 10.1. The van der Waals surface area contributed by atoms with Gasteiger partial charge in [-0.2, -0.15) is 0 Å². The van der Waals surface area contributed by atoms with Gasteiger partial charge in [0, 0.05) is 17.7 Å². The van der Waals surface area contributed by atoms with Crippen molar-refractivity contribution in [1.29, 1.82) is 0 Å². The number of aromatic nitrogens is 2. The van der Waals surface area contributed by atoms with E-state index in [2.05, 4.69) is 15.5 Å². The number of hydrogen-bond acceptors (Lipinski definition) is 6. The smallest absolute Gasteiger partial charge is 0.262 e. The standard InChI is InChI=1S/C21H20N4O4/c1-2-11-22-19(26)18-12-25(16-5-3-4-6-17(16)29-18)21(27)15-9-7-14(8-10-15)20-24-23-13-28-20/h3-10,13,18H,2,11-12H2,1H3,(H,22,26)/t18-/m0/s1. The van der Waals surface area contributed by atoms with E-state index in [9.17, 15) is 9.59 Å². The number of rotatable bonds is 5. The number of fused-ring (bicyclic) bond motifs is 1. The molecular weight excluding hydrogens is 372 g/mol. The highest BCUT2D eigenvalue weighted by atomic mass is 16.5. The first-order valence-electron chi connectivity index (χ1n) is 9.39. The second kappa shape index (κ2) is 8.14. The normalized spacial score (nSPS) is 15.3. The molecule has 0 spiro atoms. The molecule has 0 radical (unpaired) electrons. The molecule has 4 rings (SSSR count). The van der Waals surface area contributed by atoms with Crippen LogP contribution >= 0.6 is 0 Å². The van der Waals surface area contributed by atoms with Crippen molar-refractivity contribution in [1.82, 2.24) is 15.5 Å². The number of benzene rings is 2. The first kappa shape index (κ1) is 18.7. The Kier molecular flexibility index (Phi) is 5.24. The summed E-state index contributed by atoms with van der Waals surface area (Å²) >= 11 is 0. The molecule has 1 atom stereocenters. The molecular formula is C21H20N4O4. The number of amides is 2. The van der Waals surface area contributed by atoms with Crippen LogP contribution in [-0.4, -0.2) is 41.2 Å². The molecule has 0 fully saturated rings. The van der Waals surface area contributed by atoms with Crippen LogP contribution in [0.15, 0.2) is 59.3 Å². The Morgan fingerprint density at radius 1 is 1.17 bits per heavy atom. The lowest BCUT2D eigenvalue weighted by molar-refractivity contribution is -0.127. The van der Waals surface area contributed by atoms with Crippen molar-refractivity contribution in [3.63, 3.8) is 0 Å². The Balaban J connectivity index is 1.60. The van der Waals surface area contributed by atoms with Gasteiger partial charge in [0.2, 0.25) is 12.3 Å². The second-order valence-corrected chi connectivity index (χ2v) is 6.60. The predicted octanol–water partition coefficient (Wildman–Crippen LogP) is 2.67. The van der Waals surface area contributed by atoms with Crippen LogP contribution in [0.2, 0.25) is 0 Å². The molecule has 1 aliphatic rings. The van der Waals surface area contributed by atoms with Crippen LogP contribution in [0, 0.1) is 0 Å². The number of nitrogens with one attached hydrogen (secondary N) is 1. The van der Waals surface area contributed by atoms with Gasteiger partial charge in [-0.3, -0.25) is 9.59 Å². The zero-order valence-electron chi connectivity index (χ0n) is 15.9. The van der Waals surface area contributed by atoms with Crippen molar-refractivity contribution in [2.75, 3.05) is 18.0 Å². The molecule has 1 N–H and O–H groups in total. The summed E-state index contributed by atoms with van der Waals surface area (Å²) in [6, 6.07) is 14.1. The van der Waals surface area contributed by atoms with Crippen LogP contribution < -0.4 is 15.0 Å². The average Bonchev–Trinajstić information content (AvgIpc) is 3.31. The number of ether oxygens (including phenoxy) is 1. The maximum Gasteiger partial charge on any atom is 0.262 e. The molecule has 29 heavy (non-hydrogen) atoms. The van der Waals surface area contributed by atoms with Gasteiger partial charge in [-0.25, -0.2) is 0 Å². The maximum atomic E-state index is 13.2. The van der Waals surface area contributed by atoms with E-state index in [-0.39, 0.29) is 18.4 Å². The summed E-state index contributed by atoms with van der Waals surface area (Å²) in [5.74, 6) is 0.441. The third-order valence-corrected chi connectivity index (χ3v) is 4.60. The topological polar surface area (TPSA) is 97.6 Å². The van der Waals surface area contributed by atoms with Crippen LogP contribution in [0.5, 0.6) is 5.75 Å². The van der Waals surface area contributed by atoms with Crippen molar-refractivity contribution in [3.8, 4) is 17.2 Å². The van der Waals surface area contributed by atoms with Crippen molar-refractivity contribution in [2.45, 2.75) is 19.4 Å². The molecule has 0 unspecified atom stereocenters. The van der Waals surface area contributed by atoms with E-state index < -0.39 is 6.10 Å². The Hall–Kier alpha value is -3.68. The predicted molar refractivity (Wildman–Crippen MR) is 106 cm³/mol. The minimum atomic E-state index is -0.766. The summed E-state index contributed by atoms with van der Waals surface area (Å²) in [6.45, 7) is 2.67. The van der Waals surface area contributed by atoms with E-state index in [1.807, 2.05) is 19.1 Å². The van der Waals surface area contributed by atoms with Gasteiger partial charge >= 0.3 is 0 Å². The molecule has 2 aromatic carbocycles. The van der Waals surface area contributed by atoms with Gasteiger partial charge in [0.05, 0.1) is 12.2 Å². The van der Waals surface area contributed by atoms with Gasteiger partial charge in [-0.05, 0) is 42.8 Å². The monoisotopic (exact) mass is 392 g/mol. The summed E-state index contributed by atoms with van der Waals surface area (Å²) in [7, 11) is 0. The lowest BCUT2D eigenvalue weighted by Crippen LogP contribution is -2.50. The fourth-order valence-corrected chi connectivity index (χ4v) is 3.14. The number of anilines is 1. The van der Waals surface area contributed by atoms with Gasteiger partial charge in [0.25, 0.3) is 11.8 Å². The van der Waals surface area contributed by atoms with Crippen LogP contribution in [0.3, 0.4) is 0 Å². The lowest BCUT2D eigenvalue weighted by Gasteiger charge is -2.34. The molecule has 0 aliphatic carbocycles. The Morgan fingerprint density at radius 3 is 2.69 bits per heavy atom. The Labute approximate surface area is 167 Å². The van der Waals surface area contributed by atoms with Crippen LogP contribution in [0.1, 0.15) is 23.7 Å². The third kappa shape index (κ3) is 3.82. The van der Waals surface area contributed by atoms with Crippen molar-refractivity contribution in [2.24, 2.45) is 0 Å². The van der Waals surface area contributed by atoms with E-state index in [4.69, 9.17) is 9.15 Å². The molecule has 2 amide bonds. The van der Waals surface area contributed by atoms with Gasteiger partial charge < -0.3 is 19.4 Å². The molecule has 0 saturated heterocycles. The van der Waals surface area contributed by atoms with Gasteiger partial charge in [-0.1, -0.05) is 19.1 Å². The number of para-hydroxylation sites is 2. The van der Waals surface area contributed by atoms with Gasteiger partial charge in [0.1, 0.15) is 5.75 Å². The number of carbonyl (C=O) groups excluding carboxylic acids is 2. The average molecular weight is 392 g/mol. The van der Waals surface area contributed by atoms with Gasteiger partial charge in [0.15, 0.2) is 6.10 Å². The fraction of sp³-hybridized carbons (Fsp3) is 0.238. The van der Waals surface area contributed by atoms with Gasteiger partial charge in [-0.15, -0.1) is 10.2 Å². The van der Waals surface area contributed by atoms with Crippen molar-refractivity contribution >= 4 is 17.5 Å². The van der Waals surface area contributed by atoms with E-state index in [0.29, 0.717) is 29.4 Å². The summed E-state index contributed by atoms with van der Waals surface area (Å²) in [4.78, 5) is 27.3. The SMILES string of the molecule is CCCNC(=O)[C@@H]1CN(C(=O)c2ccc(-c3nnco3)cc2)c2ccccc2O1. The second-order valence-electron chi connectivity index (χ2n) is 6.60. The first-order chi connectivity index (χ1) is 14.2. The quantitative estimate of drug-likeness (QED) is 0.717. The summed E-state index contributed by atoms with van der Waals surface area (Å²) < 4.78 is 11.0. The zero-order chi connectivity index (χ0) is 20.2. The highest BCUT2D eigenvalue weighted by Crippen LogP contribution is 2.34. The molecule has 3 aromatic rings. The van der Waals surface area contributed by atoms with E-state index >= 15 is 0 Å². The minimum Gasteiger partial charge on any atom is -0.477 e. The molecule has 0 saturated carbocycles. The third-order valence-electron chi connectivity index (χ3n) is 4.60. The Bertz CT molecular complexity index is 1000. The molecule has 1 aliphatic heterocycles. The number of nitrogens with zero attached hydrogens (tertiary/aromatic N) is 3. The largest absolute Gasteiger partial charge is 0.477 e. The van der Waals surface area contributed by atoms with E-state index in [1.54, 1.807) is 41.3 Å². The Morgan fingerprint density at radius 2 is 1.97 bits per heavy atom. The molecule has 8 nitrogen and oxygen atoms in total. The number of carbonyl (C=O) groups is 2. The molecule has 1 aromatic heterocycles. The molecule has 8 heteroatoms. The van der Waals surface area contributed by atoms with Crippen molar-refractivity contribution < 1.29 is 18.7 Å². The van der Waals surface area contributed by atoms with Crippen LogP contribution in [0.4, 0.5) is 5.69 Å². The fourth-order valence-electron chi connectivity index (χ4n) is 3.14. The van der Waals surface area contributed by atoms with Crippen LogP contribution in [-0.2, 0) is 4.79 Å².